The summed E-state index contributed by atoms with van der Waals surface area (Å²) in [5.41, 5.74) is 0.475. The number of nitrogens with zero attached hydrogens (tertiary/aromatic N) is 3. The van der Waals surface area contributed by atoms with E-state index in [0.717, 1.165) is 4.68 Å². The number of rotatable bonds is 5. The number of amides is 1. The Labute approximate surface area is 139 Å². The van der Waals surface area contributed by atoms with Crippen molar-refractivity contribution in [2.75, 3.05) is 5.32 Å². The Bertz CT molecular complexity index is 986. The van der Waals surface area contributed by atoms with Crippen LogP contribution in [0, 0.1) is 17.0 Å². The van der Waals surface area contributed by atoms with Gasteiger partial charge in [0.05, 0.1) is 22.4 Å². The molecule has 0 bridgehead atoms. The molecule has 3 rings (SSSR count). The van der Waals surface area contributed by atoms with Crippen molar-refractivity contribution < 1.29 is 18.6 Å². The van der Waals surface area contributed by atoms with E-state index in [0.29, 0.717) is 5.56 Å². The molecule has 25 heavy (non-hydrogen) atoms. The third-order valence-corrected chi connectivity index (χ3v) is 3.41. The first-order valence-corrected chi connectivity index (χ1v) is 7.11. The van der Waals surface area contributed by atoms with Crippen LogP contribution in [0.2, 0.25) is 0 Å². The molecule has 2 aromatic heterocycles. The summed E-state index contributed by atoms with van der Waals surface area (Å²) in [5.74, 6) is -1.19. The van der Waals surface area contributed by atoms with Crippen LogP contribution in [0.5, 0.6) is 0 Å². The molecule has 10 heteroatoms. The Morgan fingerprint density at radius 1 is 1.36 bits per heavy atom. The molecule has 0 aliphatic heterocycles. The zero-order chi connectivity index (χ0) is 18.0. The first kappa shape index (κ1) is 16.2. The molecule has 2 heterocycles. The van der Waals surface area contributed by atoms with Crippen molar-refractivity contribution in [3.8, 4) is 11.7 Å². The summed E-state index contributed by atoms with van der Waals surface area (Å²) in [5, 5.41) is 17.3. The lowest BCUT2D eigenvalue weighted by atomic mass is 10.1. The van der Waals surface area contributed by atoms with Gasteiger partial charge in [0.15, 0.2) is 5.76 Å². The molecule has 1 N–H and O–H groups in total. The highest BCUT2D eigenvalue weighted by molar-refractivity contribution is 5.91. The Morgan fingerprint density at radius 2 is 2.16 bits per heavy atom. The smallest absolute Gasteiger partial charge is 0.437 e. The number of nitro groups is 1. The highest BCUT2D eigenvalue weighted by Gasteiger charge is 2.17. The van der Waals surface area contributed by atoms with Crippen LogP contribution >= 0.6 is 0 Å². The second-order valence-electron chi connectivity index (χ2n) is 5.06. The first-order chi connectivity index (χ1) is 12.0. The molecule has 0 aliphatic rings. The maximum Gasteiger partial charge on any atom is 0.437 e. The molecule has 0 fully saturated rings. The quantitative estimate of drug-likeness (QED) is 0.552. The van der Waals surface area contributed by atoms with E-state index < -0.39 is 23.1 Å². The highest BCUT2D eigenvalue weighted by atomic mass is 16.6. The van der Waals surface area contributed by atoms with Crippen molar-refractivity contribution in [2.24, 2.45) is 0 Å². The van der Waals surface area contributed by atoms with E-state index in [1.807, 2.05) is 0 Å². The number of nitro benzene ring substituents is 1. The van der Waals surface area contributed by atoms with Crippen LogP contribution < -0.4 is 11.1 Å². The van der Waals surface area contributed by atoms with Crippen LogP contribution in [0.15, 0.2) is 50.2 Å². The van der Waals surface area contributed by atoms with Gasteiger partial charge in [-0.1, -0.05) is 6.07 Å². The Hall–Kier alpha value is -3.69. The van der Waals surface area contributed by atoms with Crippen molar-refractivity contribution in [1.29, 1.82) is 0 Å². The van der Waals surface area contributed by atoms with E-state index in [2.05, 4.69) is 10.4 Å². The van der Waals surface area contributed by atoms with Crippen LogP contribution in [0.4, 0.5) is 11.4 Å². The molecule has 0 unspecified atom stereocenters. The van der Waals surface area contributed by atoms with Gasteiger partial charge < -0.3 is 14.2 Å². The summed E-state index contributed by atoms with van der Waals surface area (Å²) in [6.45, 7) is 1.11. The predicted octanol–water partition coefficient (Wildman–Crippen LogP) is 1.95. The molecule has 0 atom stereocenters. The Kier molecular flexibility index (Phi) is 4.16. The minimum Gasteiger partial charge on any atom is -0.459 e. The maximum atomic E-state index is 12.1. The fourth-order valence-electron chi connectivity index (χ4n) is 2.19. The average molecular weight is 344 g/mol. The van der Waals surface area contributed by atoms with Crippen LogP contribution in [0.25, 0.3) is 11.7 Å². The number of carbonyl (C=O) groups is 1. The minimum atomic E-state index is -0.822. The fraction of sp³-hybridized carbons (Fsp3) is 0.133. The number of anilines is 1. The number of furan rings is 1. The van der Waals surface area contributed by atoms with Gasteiger partial charge in [-0.05, 0) is 25.1 Å². The molecule has 0 saturated heterocycles. The topological polar surface area (TPSA) is 133 Å². The lowest BCUT2D eigenvalue weighted by Gasteiger charge is -2.07. The normalized spacial score (nSPS) is 10.6. The lowest BCUT2D eigenvalue weighted by molar-refractivity contribution is -0.385. The SMILES string of the molecule is Cc1c(NC(=O)Cn2nc(-c3ccco3)oc2=O)cccc1[N+](=O)[O-]. The van der Waals surface area contributed by atoms with Crippen LogP contribution in [0.3, 0.4) is 0 Å². The fourth-order valence-corrected chi connectivity index (χ4v) is 2.19. The summed E-state index contributed by atoms with van der Waals surface area (Å²) < 4.78 is 10.8. The van der Waals surface area contributed by atoms with E-state index in [4.69, 9.17) is 8.83 Å². The van der Waals surface area contributed by atoms with Gasteiger partial charge in [-0.2, -0.15) is 4.68 Å². The molecule has 0 radical (unpaired) electrons. The van der Waals surface area contributed by atoms with E-state index in [1.165, 1.54) is 31.4 Å². The van der Waals surface area contributed by atoms with Gasteiger partial charge in [0.25, 0.3) is 11.6 Å². The van der Waals surface area contributed by atoms with Gasteiger partial charge in [-0.3, -0.25) is 14.9 Å². The first-order valence-electron chi connectivity index (χ1n) is 7.11. The minimum absolute atomic E-state index is 0.0469. The van der Waals surface area contributed by atoms with Crippen molar-refractivity contribution in [3.63, 3.8) is 0 Å². The molecular formula is C15H12N4O6. The predicted molar refractivity (Wildman–Crippen MR) is 84.9 cm³/mol. The molecule has 10 nitrogen and oxygen atoms in total. The van der Waals surface area contributed by atoms with Gasteiger partial charge in [0.1, 0.15) is 6.54 Å². The summed E-state index contributed by atoms with van der Waals surface area (Å²) in [4.78, 5) is 34.3. The number of nitrogens with one attached hydrogen (secondary N) is 1. The van der Waals surface area contributed by atoms with Crippen LogP contribution in [-0.2, 0) is 11.3 Å². The van der Waals surface area contributed by atoms with Crippen LogP contribution in [0.1, 0.15) is 5.56 Å². The van der Waals surface area contributed by atoms with E-state index in [-0.39, 0.29) is 23.0 Å². The van der Waals surface area contributed by atoms with Gasteiger partial charge in [0.2, 0.25) is 5.91 Å². The molecule has 1 amide bonds. The summed E-state index contributed by atoms with van der Waals surface area (Å²) in [7, 11) is 0. The van der Waals surface area contributed by atoms with Crippen molar-refractivity contribution in [2.45, 2.75) is 13.5 Å². The maximum absolute atomic E-state index is 12.1. The molecule has 0 saturated carbocycles. The van der Waals surface area contributed by atoms with E-state index in [1.54, 1.807) is 12.1 Å². The van der Waals surface area contributed by atoms with Gasteiger partial charge in [-0.25, -0.2) is 4.79 Å². The second-order valence-corrected chi connectivity index (χ2v) is 5.06. The third-order valence-electron chi connectivity index (χ3n) is 3.41. The second kappa shape index (κ2) is 6.43. The lowest BCUT2D eigenvalue weighted by Crippen LogP contribution is -2.26. The standard InChI is InChI=1S/C15H12N4O6/c1-9-10(4-2-5-11(9)19(22)23)16-13(20)8-18-15(21)25-14(17-18)12-6-3-7-24-12/h2-7H,8H2,1H3,(H,16,20). The number of benzene rings is 1. The Morgan fingerprint density at radius 3 is 2.84 bits per heavy atom. The zero-order valence-corrected chi connectivity index (χ0v) is 13.0. The summed E-state index contributed by atoms with van der Waals surface area (Å²) in [6, 6.07) is 7.48. The molecule has 0 spiro atoms. The number of carbonyl (C=O) groups excluding carboxylic acids is 1. The zero-order valence-electron chi connectivity index (χ0n) is 13.0. The summed E-state index contributed by atoms with van der Waals surface area (Å²) in [6.07, 6.45) is 1.39. The largest absolute Gasteiger partial charge is 0.459 e. The summed E-state index contributed by atoms with van der Waals surface area (Å²) >= 11 is 0. The molecular weight excluding hydrogens is 332 g/mol. The Balaban J connectivity index is 1.77. The molecule has 128 valence electrons. The van der Waals surface area contributed by atoms with E-state index in [9.17, 15) is 19.7 Å². The van der Waals surface area contributed by atoms with Crippen molar-refractivity contribution in [3.05, 3.63) is 62.8 Å². The number of hydrogen-bond donors (Lipinski definition) is 1. The van der Waals surface area contributed by atoms with Gasteiger partial charge >= 0.3 is 5.76 Å². The van der Waals surface area contributed by atoms with Crippen LogP contribution in [-0.4, -0.2) is 20.6 Å². The monoisotopic (exact) mass is 344 g/mol. The molecule has 3 aromatic rings. The molecule has 0 aliphatic carbocycles. The number of hydrogen-bond acceptors (Lipinski definition) is 7. The van der Waals surface area contributed by atoms with Gasteiger partial charge in [0, 0.05) is 6.07 Å². The third kappa shape index (κ3) is 3.32. The molecule has 1 aromatic carbocycles. The van der Waals surface area contributed by atoms with Gasteiger partial charge in [-0.15, -0.1) is 5.10 Å². The average Bonchev–Trinajstić information content (AvgIpc) is 3.19. The van der Waals surface area contributed by atoms with Crippen molar-refractivity contribution >= 4 is 17.3 Å². The number of aromatic nitrogens is 2. The highest BCUT2D eigenvalue weighted by Crippen LogP contribution is 2.25. The van der Waals surface area contributed by atoms with E-state index >= 15 is 0 Å². The van der Waals surface area contributed by atoms with Crippen molar-refractivity contribution in [1.82, 2.24) is 9.78 Å².